The Kier molecular flexibility index (Phi) is 4.54. The highest BCUT2D eigenvalue weighted by Gasteiger charge is 2.05. The molecule has 4 aromatic rings. The van der Waals surface area contributed by atoms with E-state index in [4.69, 9.17) is 0 Å². The Labute approximate surface area is 156 Å². The van der Waals surface area contributed by atoms with Crippen LogP contribution < -0.4 is 5.43 Å². The van der Waals surface area contributed by atoms with Gasteiger partial charge < -0.3 is 4.57 Å². The number of aromatic nitrogens is 2. The summed E-state index contributed by atoms with van der Waals surface area (Å²) in [6.45, 7) is 4.38. The smallest absolute Gasteiger partial charge is 0.203 e. The molecule has 2 aromatic heterocycles. The minimum absolute atomic E-state index is 0.456. The summed E-state index contributed by atoms with van der Waals surface area (Å²) in [5.41, 5.74) is 7.41. The van der Waals surface area contributed by atoms with Crippen molar-refractivity contribution in [2.45, 2.75) is 19.9 Å². The summed E-state index contributed by atoms with van der Waals surface area (Å²) >= 11 is 1.55. The van der Waals surface area contributed by atoms with Gasteiger partial charge >= 0.3 is 0 Å². The van der Waals surface area contributed by atoms with E-state index in [1.807, 2.05) is 29.8 Å². The van der Waals surface area contributed by atoms with Crippen LogP contribution in [-0.4, -0.2) is 15.8 Å². The van der Waals surface area contributed by atoms with Gasteiger partial charge in [-0.3, -0.25) is 5.43 Å². The monoisotopic (exact) mass is 360 g/mol. The topological polar surface area (TPSA) is 42.2 Å². The van der Waals surface area contributed by atoms with Crippen LogP contribution in [0.1, 0.15) is 25.5 Å². The zero-order chi connectivity index (χ0) is 17.9. The van der Waals surface area contributed by atoms with Crippen LogP contribution in [0.3, 0.4) is 0 Å². The maximum absolute atomic E-state index is 4.57. The summed E-state index contributed by atoms with van der Waals surface area (Å²) in [6.07, 6.45) is 3.96. The van der Waals surface area contributed by atoms with Gasteiger partial charge in [-0.15, -0.1) is 11.3 Å². The summed E-state index contributed by atoms with van der Waals surface area (Å²) in [6, 6.07) is 19.1. The number of hydrogen-bond donors (Lipinski definition) is 1. The van der Waals surface area contributed by atoms with Crippen LogP contribution in [0.4, 0.5) is 5.13 Å². The lowest BCUT2D eigenvalue weighted by molar-refractivity contribution is 0.623. The highest BCUT2D eigenvalue weighted by atomic mass is 32.1. The molecule has 0 bridgehead atoms. The third-order valence-corrected chi connectivity index (χ3v) is 5.00. The van der Waals surface area contributed by atoms with Crippen LogP contribution in [-0.2, 0) is 0 Å². The first kappa shape index (κ1) is 16.5. The quantitative estimate of drug-likeness (QED) is 0.361. The van der Waals surface area contributed by atoms with Gasteiger partial charge in [-0.1, -0.05) is 36.4 Å². The fraction of sp³-hybridized carbons (Fsp3) is 0.143. The third-order valence-electron chi connectivity index (χ3n) is 4.25. The van der Waals surface area contributed by atoms with Crippen LogP contribution >= 0.6 is 11.3 Å². The number of nitrogens with zero attached hydrogens (tertiary/aromatic N) is 3. The van der Waals surface area contributed by atoms with Gasteiger partial charge in [-0.2, -0.15) is 5.10 Å². The Hall–Kier alpha value is -2.92. The Balaban J connectivity index is 1.47. The van der Waals surface area contributed by atoms with Crippen LogP contribution in [0.25, 0.3) is 22.2 Å². The number of nitrogens with one attached hydrogen (secondary N) is 1. The van der Waals surface area contributed by atoms with Crippen LogP contribution in [0.2, 0.25) is 0 Å². The van der Waals surface area contributed by atoms with Gasteiger partial charge in [-0.05, 0) is 37.6 Å². The number of hydrazone groups is 1. The first-order valence-corrected chi connectivity index (χ1v) is 9.49. The first-order valence-electron chi connectivity index (χ1n) is 8.61. The zero-order valence-corrected chi connectivity index (χ0v) is 15.6. The highest BCUT2D eigenvalue weighted by molar-refractivity contribution is 7.14. The van der Waals surface area contributed by atoms with Gasteiger partial charge in [0.2, 0.25) is 5.13 Å². The molecule has 4 rings (SSSR count). The number of rotatable bonds is 5. The largest absolute Gasteiger partial charge is 0.345 e. The summed E-state index contributed by atoms with van der Waals surface area (Å²) < 4.78 is 2.27. The van der Waals surface area contributed by atoms with E-state index >= 15 is 0 Å². The van der Waals surface area contributed by atoms with E-state index in [2.05, 4.69) is 76.5 Å². The average Bonchev–Trinajstić information content (AvgIpc) is 3.29. The van der Waals surface area contributed by atoms with E-state index < -0.39 is 0 Å². The van der Waals surface area contributed by atoms with Crippen LogP contribution in [0.15, 0.2) is 71.3 Å². The molecule has 4 nitrogen and oxygen atoms in total. The molecule has 2 aromatic carbocycles. The molecule has 130 valence electrons. The van der Waals surface area contributed by atoms with E-state index in [0.29, 0.717) is 6.04 Å². The molecule has 0 atom stereocenters. The molecule has 5 heteroatoms. The van der Waals surface area contributed by atoms with Crippen molar-refractivity contribution < 1.29 is 0 Å². The molecule has 0 unspecified atom stereocenters. The number of hydrogen-bond acceptors (Lipinski definition) is 4. The second-order valence-corrected chi connectivity index (χ2v) is 7.27. The maximum Gasteiger partial charge on any atom is 0.203 e. The van der Waals surface area contributed by atoms with Crippen molar-refractivity contribution in [3.63, 3.8) is 0 Å². The fourth-order valence-electron chi connectivity index (χ4n) is 2.94. The van der Waals surface area contributed by atoms with Gasteiger partial charge in [-0.25, -0.2) is 4.98 Å². The van der Waals surface area contributed by atoms with Crippen molar-refractivity contribution >= 4 is 33.6 Å². The molecular formula is C21H20N4S. The van der Waals surface area contributed by atoms with Crippen LogP contribution in [0.5, 0.6) is 0 Å². The maximum atomic E-state index is 4.57. The lowest BCUT2D eigenvalue weighted by atomic mass is 10.2. The second-order valence-electron chi connectivity index (χ2n) is 6.41. The van der Waals surface area contributed by atoms with E-state index in [1.165, 1.54) is 10.9 Å². The summed E-state index contributed by atoms with van der Waals surface area (Å²) in [5, 5.41) is 8.38. The number of fused-ring (bicyclic) bond motifs is 1. The molecule has 0 saturated heterocycles. The predicted molar refractivity (Wildman–Crippen MR) is 111 cm³/mol. The van der Waals surface area contributed by atoms with Gasteiger partial charge in [0.25, 0.3) is 0 Å². The number of benzene rings is 2. The van der Waals surface area contributed by atoms with E-state index in [0.717, 1.165) is 22.0 Å². The zero-order valence-electron chi connectivity index (χ0n) is 14.8. The molecule has 0 aliphatic rings. The first-order chi connectivity index (χ1) is 12.7. The lowest BCUT2D eigenvalue weighted by Crippen LogP contribution is -1.97. The van der Waals surface area contributed by atoms with Crippen LogP contribution in [0, 0.1) is 0 Å². The van der Waals surface area contributed by atoms with Crippen molar-refractivity contribution in [1.29, 1.82) is 0 Å². The second kappa shape index (κ2) is 7.14. The SMILES string of the molecule is CC(C)n1ccc2cc(C=NNc3nc(-c4ccccc4)cs3)ccc21. The van der Waals surface area contributed by atoms with Gasteiger partial charge in [0, 0.05) is 34.1 Å². The van der Waals surface area contributed by atoms with Gasteiger partial charge in [0.05, 0.1) is 11.9 Å². The van der Waals surface area contributed by atoms with Gasteiger partial charge in [0.1, 0.15) is 0 Å². The summed E-state index contributed by atoms with van der Waals surface area (Å²) in [4.78, 5) is 4.57. The summed E-state index contributed by atoms with van der Waals surface area (Å²) in [5.74, 6) is 0. The fourth-order valence-corrected chi connectivity index (χ4v) is 3.61. The molecule has 0 amide bonds. The lowest BCUT2D eigenvalue weighted by Gasteiger charge is -2.08. The van der Waals surface area contributed by atoms with E-state index in [9.17, 15) is 0 Å². The molecule has 0 aliphatic heterocycles. The predicted octanol–water partition coefficient (Wildman–Crippen LogP) is 5.79. The average molecular weight is 360 g/mol. The van der Waals surface area contributed by atoms with Crippen molar-refractivity contribution in [2.75, 3.05) is 5.43 Å². The Morgan fingerprint density at radius 3 is 2.77 bits per heavy atom. The number of thiazole rings is 1. The molecule has 0 fully saturated rings. The van der Waals surface area contributed by atoms with Crippen molar-refractivity contribution in [3.05, 3.63) is 71.7 Å². The molecule has 2 heterocycles. The van der Waals surface area contributed by atoms with Crippen molar-refractivity contribution in [1.82, 2.24) is 9.55 Å². The van der Waals surface area contributed by atoms with Crippen molar-refractivity contribution in [2.24, 2.45) is 5.10 Å². The standard InChI is InChI=1S/C21H20N4S/c1-15(2)25-11-10-18-12-16(8-9-20(18)25)13-22-24-21-23-19(14-26-21)17-6-4-3-5-7-17/h3-15H,1-2H3,(H,23,24). The minimum atomic E-state index is 0.456. The minimum Gasteiger partial charge on any atom is -0.345 e. The molecule has 0 saturated carbocycles. The van der Waals surface area contributed by atoms with E-state index in [1.54, 1.807) is 11.3 Å². The molecule has 1 N–H and O–H groups in total. The highest BCUT2D eigenvalue weighted by Crippen LogP contribution is 2.24. The summed E-state index contributed by atoms with van der Waals surface area (Å²) in [7, 11) is 0. The molecule has 0 aliphatic carbocycles. The number of anilines is 1. The Morgan fingerprint density at radius 2 is 1.96 bits per heavy atom. The van der Waals surface area contributed by atoms with Crippen molar-refractivity contribution in [3.8, 4) is 11.3 Å². The molecule has 0 radical (unpaired) electrons. The Morgan fingerprint density at radius 1 is 1.12 bits per heavy atom. The molecular weight excluding hydrogens is 340 g/mol. The van der Waals surface area contributed by atoms with E-state index in [-0.39, 0.29) is 0 Å². The third kappa shape index (κ3) is 3.39. The molecule has 26 heavy (non-hydrogen) atoms. The normalized spacial score (nSPS) is 11.7. The Bertz CT molecular complexity index is 1040. The molecule has 0 spiro atoms. The van der Waals surface area contributed by atoms with Gasteiger partial charge in [0.15, 0.2) is 0 Å².